The molecule has 3 aromatic rings. The number of amides is 1. The van der Waals surface area contributed by atoms with E-state index in [4.69, 9.17) is 4.98 Å². The predicted octanol–water partition coefficient (Wildman–Crippen LogP) is 3.72. The van der Waals surface area contributed by atoms with Gasteiger partial charge in [0.25, 0.3) is 0 Å². The van der Waals surface area contributed by atoms with E-state index in [-0.39, 0.29) is 5.91 Å². The molecular weight excluding hydrogens is 410 g/mol. The summed E-state index contributed by atoms with van der Waals surface area (Å²) in [5.74, 6) is 1.56. The van der Waals surface area contributed by atoms with Crippen LogP contribution in [0.1, 0.15) is 37.7 Å². The summed E-state index contributed by atoms with van der Waals surface area (Å²) in [7, 11) is 1.81. The van der Waals surface area contributed by atoms with Gasteiger partial charge >= 0.3 is 0 Å². The highest BCUT2D eigenvalue weighted by atomic mass is 32.1. The van der Waals surface area contributed by atoms with Crippen LogP contribution in [-0.2, 0) is 11.3 Å². The van der Waals surface area contributed by atoms with Crippen molar-refractivity contribution in [3.8, 4) is 11.3 Å². The van der Waals surface area contributed by atoms with Crippen molar-refractivity contribution >= 4 is 34.9 Å². The van der Waals surface area contributed by atoms with Crippen molar-refractivity contribution in [1.82, 2.24) is 19.6 Å². The molecule has 1 aliphatic carbocycles. The lowest BCUT2D eigenvalue weighted by molar-refractivity contribution is -0.118. The highest BCUT2D eigenvalue weighted by Gasteiger charge is 2.31. The van der Waals surface area contributed by atoms with Crippen molar-refractivity contribution in [3.63, 3.8) is 0 Å². The fourth-order valence-electron chi connectivity index (χ4n) is 4.36. The number of benzene rings is 1. The monoisotopic (exact) mass is 435 g/mol. The lowest BCUT2D eigenvalue weighted by Gasteiger charge is -2.30. The molecule has 0 bridgehead atoms. The van der Waals surface area contributed by atoms with E-state index in [1.165, 1.54) is 24.4 Å². The first-order chi connectivity index (χ1) is 15.2. The number of fused-ring (bicyclic) bond motifs is 1. The van der Waals surface area contributed by atoms with Crippen LogP contribution in [0.25, 0.3) is 11.3 Å². The van der Waals surface area contributed by atoms with Crippen LogP contribution in [0.4, 0.5) is 17.5 Å². The molecule has 0 spiro atoms. The number of nitrogens with zero attached hydrogens (tertiary/aromatic N) is 6. The second-order valence-corrected chi connectivity index (χ2v) is 8.69. The smallest absolute Gasteiger partial charge is 0.228 e. The summed E-state index contributed by atoms with van der Waals surface area (Å²) in [5, 5.41) is 9.39. The third kappa shape index (κ3) is 4.10. The molecule has 1 amide bonds. The zero-order chi connectivity index (χ0) is 21.2. The van der Waals surface area contributed by atoms with Gasteiger partial charge < -0.3 is 15.1 Å². The quantitative estimate of drug-likeness (QED) is 0.653. The lowest BCUT2D eigenvalue weighted by atomic mass is 10.1. The largest absolute Gasteiger partial charge is 0.351 e. The number of carbonyl (C=O) groups is 1. The second-order valence-electron chi connectivity index (χ2n) is 8.08. The van der Waals surface area contributed by atoms with Crippen LogP contribution in [0.3, 0.4) is 0 Å². The Morgan fingerprint density at radius 3 is 2.74 bits per heavy atom. The van der Waals surface area contributed by atoms with Gasteiger partial charge in [-0.1, -0.05) is 41.6 Å². The summed E-state index contributed by atoms with van der Waals surface area (Å²) in [4.78, 5) is 25.8. The first-order valence-electron chi connectivity index (χ1n) is 10.7. The molecule has 1 aliphatic heterocycles. The van der Waals surface area contributed by atoms with E-state index < -0.39 is 0 Å². The van der Waals surface area contributed by atoms with Gasteiger partial charge in [-0.05, 0) is 29.9 Å². The molecule has 2 aromatic heterocycles. The summed E-state index contributed by atoms with van der Waals surface area (Å²) in [6, 6.07) is 8.70. The summed E-state index contributed by atoms with van der Waals surface area (Å²) in [5.41, 5.74) is 3.87. The van der Waals surface area contributed by atoms with E-state index in [1.54, 1.807) is 11.1 Å². The van der Waals surface area contributed by atoms with E-state index in [1.807, 2.05) is 24.6 Å². The summed E-state index contributed by atoms with van der Waals surface area (Å²) >= 11 is 1.35. The fourth-order valence-corrected chi connectivity index (χ4v) is 4.83. The molecule has 0 saturated heterocycles. The molecule has 9 heteroatoms. The van der Waals surface area contributed by atoms with Gasteiger partial charge in [-0.25, -0.2) is 4.98 Å². The first-order valence-corrected chi connectivity index (χ1v) is 11.5. The molecule has 1 saturated carbocycles. The van der Waals surface area contributed by atoms with Crippen LogP contribution >= 0.6 is 11.5 Å². The number of aromatic nitrogens is 4. The van der Waals surface area contributed by atoms with E-state index in [9.17, 15) is 4.79 Å². The molecule has 8 nitrogen and oxygen atoms in total. The molecule has 1 fully saturated rings. The predicted molar refractivity (Wildman–Crippen MR) is 122 cm³/mol. The van der Waals surface area contributed by atoms with E-state index in [2.05, 4.69) is 36.9 Å². The van der Waals surface area contributed by atoms with Crippen LogP contribution in [0.2, 0.25) is 0 Å². The minimum atomic E-state index is 0.112. The number of carbonyl (C=O) groups excluding carboxylic acids is 1. The van der Waals surface area contributed by atoms with Gasteiger partial charge in [0.2, 0.25) is 11.9 Å². The molecule has 0 unspecified atom stereocenters. The molecule has 1 aromatic carbocycles. The van der Waals surface area contributed by atoms with Crippen molar-refractivity contribution in [2.75, 3.05) is 28.7 Å². The Morgan fingerprint density at radius 2 is 2.00 bits per heavy atom. The number of anilines is 3. The van der Waals surface area contributed by atoms with Gasteiger partial charge in [0.15, 0.2) is 5.82 Å². The fraction of sp³-hybridized carbons (Fsp3) is 0.409. The number of rotatable bonds is 5. The Morgan fingerprint density at radius 1 is 1.19 bits per heavy atom. The van der Waals surface area contributed by atoms with Crippen molar-refractivity contribution < 1.29 is 4.79 Å². The molecular formula is C22H25N7OS. The van der Waals surface area contributed by atoms with Gasteiger partial charge in [-0.15, -0.1) is 5.10 Å². The summed E-state index contributed by atoms with van der Waals surface area (Å²) in [6.45, 7) is 1.33. The van der Waals surface area contributed by atoms with Crippen LogP contribution in [0.5, 0.6) is 0 Å². The minimum Gasteiger partial charge on any atom is -0.351 e. The zero-order valence-electron chi connectivity index (χ0n) is 17.5. The van der Waals surface area contributed by atoms with Gasteiger partial charge in [0, 0.05) is 43.5 Å². The maximum absolute atomic E-state index is 12.5. The normalized spacial score (nSPS) is 17.0. The number of hydrogen-bond acceptors (Lipinski definition) is 8. The number of hydrogen-bond donors (Lipinski definition) is 1. The van der Waals surface area contributed by atoms with Gasteiger partial charge in [0.1, 0.15) is 11.4 Å². The topological polar surface area (TPSA) is 87.1 Å². The van der Waals surface area contributed by atoms with E-state index in [0.717, 1.165) is 41.2 Å². The summed E-state index contributed by atoms with van der Waals surface area (Å²) in [6.07, 6.45) is 7.07. The van der Waals surface area contributed by atoms with Crippen molar-refractivity contribution in [2.24, 2.45) is 0 Å². The zero-order valence-corrected chi connectivity index (χ0v) is 18.3. The lowest BCUT2D eigenvalue weighted by Crippen LogP contribution is -2.34. The molecule has 3 heterocycles. The highest BCUT2D eigenvalue weighted by molar-refractivity contribution is 7.03. The van der Waals surface area contributed by atoms with Crippen molar-refractivity contribution in [1.29, 1.82) is 0 Å². The van der Waals surface area contributed by atoms with Crippen LogP contribution < -0.4 is 15.1 Å². The van der Waals surface area contributed by atoms with Crippen molar-refractivity contribution in [3.05, 3.63) is 41.4 Å². The highest BCUT2D eigenvalue weighted by Crippen LogP contribution is 2.35. The Bertz CT molecular complexity index is 1050. The van der Waals surface area contributed by atoms with Gasteiger partial charge in [0.05, 0.1) is 6.20 Å². The van der Waals surface area contributed by atoms with Gasteiger partial charge in [-0.2, -0.15) is 4.98 Å². The summed E-state index contributed by atoms with van der Waals surface area (Å²) < 4.78 is 3.92. The molecule has 31 heavy (non-hydrogen) atoms. The average Bonchev–Trinajstić information content (AvgIpc) is 3.51. The van der Waals surface area contributed by atoms with Crippen LogP contribution in [-0.4, -0.2) is 45.1 Å². The SMILES string of the molecule is CN1C(=O)CCN(C2CCCC2)c2nc(NCc3ccc(-c4csnn4)cc3)ncc21. The Kier molecular flexibility index (Phi) is 5.50. The third-order valence-corrected chi connectivity index (χ3v) is 6.65. The average molecular weight is 436 g/mol. The van der Waals surface area contributed by atoms with Gasteiger partial charge in [-0.3, -0.25) is 4.79 Å². The third-order valence-electron chi connectivity index (χ3n) is 6.15. The Hall–Kier alpha value is -3.07. The second kappa shape index (κ2) is 8.58. The number of nitrogens with one attached hydrogen (secondary N) is 1. The van der Waals surface area contributed by atoms with Crippen LogP contribution in [0.15, 0.2) is 35.8 Å². The Balaban J connectivity index is 1.35. The van der Waals surface area contributed by atoms with E-state index >= 15 is 0 Å². The maximum atomic E-state index is 12.5. The molecule has 5 rings (SSSR count). The Labute approximate surface area is 185 Å². The first kappa shape index (κ1) is 19.9. The maximum Gasteiger partial charge on any atom is 0.228 e. The standard InChI is InChI=1S/C22H25N7OS/c1-28-19-13-24-22(23-12-15-6-8-16(9-7-15)18-14-31-27-26-18)25-21(19)29(11-10-20(28)30)17-4-2-3-5-17/h6-9,13-14,17H,2-5,10-12H2,1H3,(H,23,24,25). The van der Waals surface area contributed by atoms with Crippen LogP contribution in [0, 0.1) is 0 Å². The van der Waals surface area contributed by atoms with Crippen molar-refractivity contribution in [2.45, 2.75) is 44.7 Å². The molecule has 1 N–H and O–H groups in total. The van der Waals surface area contributed by atoms with E-state index in [0.29, 0.717) is 31.5 Å². The minimum absolute atomic E-state index is 0.112. The molecule has 0 atom stereocenters. The molecule has 2 aliphatic rings. The molecule has 160 valence electrons. The molecule has 0 radical (unpaired) electrons.